The lowest BCUT2D eigenvalue weighted by atomic mass is 10.4. The molecule has 0 saturated carbocycles. The molecular weight excluding hydrogens is 306 g/mol. The highest BCUT2D eigenvalue weighted by Gasteiger charge is 2.18. The van der Waals surface area contributed by atoms with E-state index in [1.165, 1.54) is 12.1 Å². The van der Waals surface area contributed by atoms with Crippen molar-refractivity contribution in [3.63, 3.8) is 0 Å². The van der Waals surface area contributed by atoms with Crippen molar-refractivity contribution >= 4 is 15.7 Å². The molecule has 0 saturated heterocycles. The minimum atomic E-state index is -3.41. The Labute approximate surface area is 128 Å². The topological polar surface area (TPSA) is 102 Å². The van der Waals surface area contributed by atoms with Gasteiger partial charge in [0.05, 0.1) is 10.6 Å². The van der Waals surface area contributed by atoms with Crippen molar-refractivity contribution in [2.75, 3.05) is 12.3 Å². The number of hydrogen-bond acceptors (Lipinski definition) is 6. The molecule has 22 heavy (non-hydrogen) atoms. The summed E-state index contributed by atoms with van der Waals surface area (Å²) >= 11 is 0. The molecule has 1 amide bonds. The maximum absolute atomic E-state index is 12.1. The Hall–Kier alpha value is -2.22. The van der Waals surface area contributed by atoms with Gasteiger partial charge in [0.1, 0.15) is 0 Å². The number of sulfone groups is 1. The van der Waals surface area contributed by atoms with E-state index in [9.17, 15) is 13.2 Å². The van der Waals surface area contributed by atoms with Crippen molar-refractivity contribution in [3.8, 4) is 0 Å². The second kappa shape index (κ2) is 7.17. The Morgan fingerprint density at radius 2 is 2.00 bits per heavy atom. The average molecular weight is 323 g/mol. The zero-order valence-corrected chi connectivity index (χ0v) is 13.0. The van der Waals surface area contributed by atoms with Gasteiger partial charge in [0, 0.05) is 13.0 Å². The molecule has 2 aromatic rings. The highest BCUT2D eigenvalue weighted by molar-refractivity contribution is 7.91. The summed E-state index contributed by atoms with van der Waals surface area (Å²) in [5.74, 6) is -0.555. The van der Waals surface area contributed by atoms with Crippen molar-refractivity contribution in [2.24, 2.45) is 0 Å². The Kier molecular flexibility index (Phi) is 5.26. The molecule has 2 rings (SSSR count). The number of benzene rings is 1. The van der Waals surface area contributed by atoms with Crippen molar-refractivity contribution in [1.29, 1.82) is 0 Å². The predicted octanol–water partition coefficient (Wildman–Crippen LogP) is 1.23. The van der Waals surface area contributed by atoms with E-state index < -0.39 is 15.7 Å². The van der Waals surface area contributed by atoms with Crippen molar-refractivity contribution in [2.45, 2.75) is 24.7 Å². The van der Waals surface area contributed by atoms with Crippen molar-refractivity contribution in [1.82, 2.24) is 15.5 Å². The molecule has 0 radical (unpaired) electrons. The number of amides is 1. The SMILES string of the molecule is CCCNC(=O)c1nc(CCS(=O)(=O)c2ccccc2)no1. The number of carbonyl (C=O) groups is 1. The molecule has 1 aromatic heterocycles. The summed E-state index contributed by atoms with van der Waals surface area (Å²) in [6.45, 7) is 2.44. The molecule has 0 aliphatic carbocycles. The van der Waals surface area contributed by atoms with Crippen LogP contribution in [-0.2, 0) is 16.3 Å². The van der Waals surface area contributed by atoms with Gasteiger partial charge in [-0.2, -0.15) is 4.98 Å². The van der Waals surface area contributed by atoms with Crippen LogP contribution in [0.25, 0.3) is 0 Å². The van der Waals surface area contributed by atoms with Crippen LogP contribution in [0.1, 0.15) is 29.9 Å². The van der Waals surface area contributed by atoms with Gasteiger partial charge < -0.3 is 9.84 Å². The molecule has 0 fully saturated rings. The number of rotatable bonds is 7. The van der Waals surface area contributed by atoms with Crippen LogP contribution >= 0.6 is 0 Å². The minimum Gasteiger partial charge on any atom is -0.348 e. The number of aromatic nitrogens is 2. The van der Waals surface area contributed by atoms with E-state index in [1.807, 2.05) is 6.92 Å². The Balaban J connectivity index is 1.98. The van der Waals surface area contributed by atoms with Gasteiger partial charge in [0.25, 0.3) is 0 Å². The van der Waals surface area contributed by atoms with E-state index in [1.54, 1.807) is 18.2 Å². The summed E-state index contributed by atoms with van der Waals surface area (Å²) in [5.41, 5.74) is 0. The second-order valence-corrected chi connectivity index (χ2v) is 6.76. The molecule has 0 bridgehead atoms. The summed E-state index contributed by atoms with van der Waals surface area (Å²) in [7, 11) is -3.41. The van der Waals surface area contributed by atoms with Crippen LogP contribution in [0.4, 0.5) is 0 Å². The van der Waals surface area contributed by atoms with Crippen LogP contribution in [0.5, 0.6) is 0 Å². The van der Waals surface area contributed by atoms with Crippen LogP contribution in [0.15, 0.2) is 39.8 Å². The maximum Gasteiger partial charge on any atom is 0.315 e. The first kappa shape index (κ1) is 16.2. The summed E-state index contributed by atoms with van der Waals surface area (Å²) in [6.07, 6.45) is 0.879. The summed E-state index contributed by atoms with van der Waals surface area (Å²) in [4.78, 5) is 15.8. The Morgan fingerprint density at radius 3 is 2.68 bits per heavy atom. The fourth-order valence-electron chi connectivity index (χ4n) is 1.73. The summed E-state index contributed by atoms with van der Waals surface area (Å²) in [6, 6.07) is 8.15. The van der Waals surface area contributed by atoms with E-state index in [2.05, 4.69) is 15.5 Å². The molecule has 1 N–H and O–H groups in total. The van der Waals surface area contributed by atoms with Gasteiger partial charge in [0.15, 0.2) is 15.7 Å². The highest BCUT2D eigenvalue weighted by atomic mass is 32.2. The molecule has 118 valence electrons. The highest BCUT2D eigenvalue weighted by Crippen LogP contribution is 2.11. The van der Waals surface area contributed by atoms with Gasteiger partial charge in [-0.05, 0) is 18.6 Å². The lowest BCUT2D eigenvalue weighted by Gasteiger charge is -2.01. The third-order valence-corrected chi connectivity index (χ3v) is 4.63. The van der Waals surface area contributed by atoms with Gasteiger partial charge in [-0.1, -0.05) is 30.3 Å². The predicted molar refractivity (Wildman–Crippen MR) is 79.1 cm³/mol. The van der Waals surface area contributed by atoms with E-state index >= 15 is 0 Å². The molecule has 0 unspecified atom stereocenters. The van der Waals surface area contributed by atoms with Crippen LogP contribution in [0.2, 0.25) is 0 Å². The third-order valence-electron chi connectivity index (χ3n) is 2.89. The zero-order chi connectivity index (χ0) is 16.0. The number of carbonyl (C=O) groups excluding carboxylic acids is 1. The summed E-state index contributed by atoms with van der Waals surface area (Å²) in [5, 5.41) is 6.24. The largest absolute Gasteiger partial charge is 0.348 e. The molecule has 0 spiro atoms. The lowest BCUT2D eigenvalue weighted by molar-refractivity contribution is 0.0910. The van der Waals surface area contributed by atoms with E-state index in [-0.39, 0.29) is 28.8 Å². The molecule has 1 heterocycles. The van der Waals surface area contributed by atoms with Gasteiger partial charge in [-0.15, -0.1) is 0 Å². The van der Waals surface area contributed by atoms with Gasteiger partial charge in [0.2, 0.25) is 0 Å². The van der Waals surface area contributed by atoms with Crippen LogP contribution < -0.4 is 5.32 Å². The first-order chi connectivity index (χ1) is 10.5. The molecule has 0 aliphatic rings. The standard InChI is InChI=1S/C14H17N3O4S/c1-2-9-15-13(18)14-16-12(17-21-14)8-10-22(19,20)11-6-4-3-5-7-11/h3-7H,2,8-10H2,1H3,(H,15,18). The van der Waals surface area contributed by atoms with Crippen LogP contribution in [-0.4, -0.2) is 36.8 Å². The smallest absolute Gasteiger partial charge is 0.315 e. The third kappa shape index (κ3) is 4.14. The normalized spacial score (nSPS) is 11.3. The molecular formula is C14H17N3O4S. The number of aryl methyl sites for hydroxylation is 1. The minimum absolute atomic E-state index is 0.0851. The number of nitrogens with zero attached hydrogens (tertiary/aromatic N) is 2. The summed E-state index contributed by atoms with van der Waals surface area (Å²) < 4.78 is 29.1. The lowest BCUT2D eigenvalue weighted by Crippen LogP contribution is -2.24. The Morgan fingerprint density at radius 1 is 1.27 bits per heavy atom. The maximum atomic E-state index is 12.1. The van der Waals surface area contributed by atoms with Gasteiger partial charge >= 0.3 is 11.8 Å². The molecule has 7 nitrogen and oxygen atoms in total. The van der Waals surface area contributed by atoms with Crippen LogP contribution in [0, 0.1) is 0 Å². The monoisotopic (exact) mass is 323 g/mol. The first-order valence-corrected chi connectivity index (χ1v) is 8.56. The molecule has 0 aliphatic heterocycles. The molecule has 8 heteroatoms. The van der Waals surface area contributed by atoms with Gasteiger partial charge in [-0.25, -0.2) is 8.42 Å². The van der Waals surface area contributed by atoms with Crippen LogP contribution in [0.3, 0.4) is 0 Å². The van der Waals surface area contributed by atoms with E-state index in [4.69, 9.17) is 4.52 Å². The van der Waals surface area contributed by atoms with Gasteiger partial charge in [-0.3, -0.25) is 4.79 Å². The van der Waals surface area contributed by atoms with E-state index in [0.29, 0.717) is 6.54 Å². The Bertz CT molecular complexity index is 726. The average Bonchev–Trinajstić information content (AvgIpc) is 3.01. The number of nitrogens with one attached hydrogen (secondary N) is 1. The van der Waals surface area contributed by atoms with Crippen molar-refractivity contribution in [3.05, 3.63) is 42.0 Å². The van der Waals surface area contributed by atoms with Crippen molar-refractivity contribution < 1.29 is 17.7 Å². The second-order valence-electron chi connectivity index (χ2n) is 4.65. The van der Waals surface area contributed by atoms with E-state index in [0.717, 1.165) is 6.42 Å². The fraction of sp³-hybridized carbons (Fsp3) is 0.357. The molecule has 1 aromatic carbocycles. The number of hydrogen-bond donors (Lipinski definition) is 1. The quantitative estimate of drug-likeness (QED) is 0.822. The zero-order valence-electron chi connectivity index (χ0n) is 12.2. The fourth-order valence-corrected chi connectivity index (χ4v) is 2.99. The molecule has 0 atom stereocenters. The first-order valence-electron chi connectivity index (χ1n) is 6.91.